The largest absolute Gasteiger partial charge is 0.493 e. The normalized spacial score (nSPS) is 10.9. The fourth-order valence-electron chi connectivity index (χ4n) is 2.89. The highest BCUT2D eigenvalue weighted by atomic mass is 32.1. The monoisotopic (exact) mass is 386 g/mol. The van der Waals surface area contributed by atoms with Gasteiger partial charge >= 0.3 is 0 Å². The van der Waals surface area contributed by atoms with E-state index < -0.39 is 0 Å². The van der Waals surface area contributed by atoms with E-state index in [1.807, 2.05) is 30.6 Å². The standard InChI is InChI=1S/C21H24NO4S/c1-24-11-10-22-8-6-15(7-9-22)4-5-17(23)21-13-16-12-18(25-2)19(26-3)14-20(16)27-21/h6-9,12-14H,4-5,10-11H2,1-3H3/q+1. The molecule has 6 heteroatoms. The van der Waals surface area contributed by atoms with Crippen LogP contribution in [0.2, 0.25) is 0 Å². The summed E-state index contributed by atoms with van der Waals surface area (Å²) in [4.78, 5) is 13.4. The summed E-state index contributed by atoms with van der Waals surface area (Å²) < 4.78 is 18.9. The number of ketones is 1. The number of carbonyl (C=O) groups excluding carboxylic acids is 1. The number of Topliss-reactive ketones (excluding diaryl/α,β-unsaturated/α-hetero) is 1. The number of nitrogens with zero attached hydrogens (tertiary/aromatic N) is 1. The molecule has 0 fully saturated rings. The van der Waals surface area contributed by atoms with Crippen LogP contribution >= 0.6 is 11.3 Å². The number of ether oxygens (including phenoxy) is 3. The molecule has 3 rings (SSSR count). The van der Waals surface area contributed by atoms with E-state index in [2.05, 4.69) is 16.7 Å². The van der Waals surface area contributed by atoms with E-state index in [0.717, 1.165) is 33.5 Å². The van der Waals surface area contributed by atoms with Crippen molar-refractivity contribution in [2.75, 3.05) is 27.9 Å². The van der Waals surface area contributed by atoms with Crippen molar-refractivity contribution in [1.82, 2.24) is 0 Å². The summed E-state index contributed by atoms with van der Waals surface area (Å²) in [6.07, 6.45) is 5.27. The van der Waals surface area contributed by atoms with Crippen LogP contribution in [0, 0.1) is 0 Å². The maximum atomic E-state index is 12.6. The van der Waals surface area contributed by atoms with E-state index >= 15 is 0 Å². The zero-order valence-corrected chi connectivity index (χ0v) is 16.7. The van der Waals surface area contributed by atoms with E-state index in [1.165, 1.54) is 11.3 Å². The minimum absolute atomic E-state index is 0.158. The van der Waals surface area contributed by atoms with Crippen LogP contribution < -0.4 is 14.0 Å². The quantitative estimate of drug-likeness (QED) is 0.416. The van der Waals surface area contributed by atoms with Gasteiger partial charge in [0.15, 0.2) is 36.2 Å². The summed E-state index contributed by atoms with van der Waals surface area (Å²) in [5.74, 6) is 1.51. The second kappa shape index (κ2) is 8.97. The molecular weight excluding hydrogens is 362 g/mol. The molecule has 5 nitrogen and oxygen atoms in total. The van der Waals surface area contributed by atoms with Gasteiger partial charge in [0.1, 0.15) is 6.61 Å². The predicted molar refractivity (Wildman–Crippen MR) is 106 cm³/mol. The lowest BCUT2D eigenvalue weighted by Gasteiger charge is -2.06. The number of benzene rings is 1. The molecule has 27 heavy (non-hydrogen) atoms. The van der Waals surface area contributed by atoms with Crippen molar-refractivity contribution in [2.45, 2.75) is 19.4 Å². The molecule has 0 radical (unpaired) electrons. The molecule has 0 aliphatic carbocycles. The SMILES string of the molecule is COCC[n+]1ccc(CCC(=O)c2cc3cc(OC)c(OC)cc3s2)cc1. The first-order valence-electron chi connectivity index (χ1n) is 8.80. The zero-order chi connectivity index (χ0) is 19.2. The molecule has 2 aromatic heterocycles. The number of fused-ring (bicyclic) bond motifs is 1. The molecule has 0 N–H and O–H groups in total. The highest BCUT2D eigenvalue weighted by Gasteiger charge is 2.14. The Morgan fingerprint density at radius 1 is 1.04 bits per heavy atom. The summed E-state index contributed by atoms with van der Waals surface area (Å²) in [7, 11) is 4.92. The first-order chi connectivity index (χ1) is 13.1. The molecule has 0 bridgehead atoms. The third-order valence-corrected chi connectivity index (χ3v) is 5.59. The maximum absolute atomic E-state index is 12.6. The highest BCUT2D eigenvalue weighted by Crippen LogP contribution is 2.36. The van der Waals surface area contributed by atoms with Crippen molar-refractivity contribution < 1.29 is 23.6 Å². The second-order valence-electron chi connectivity index (χ2n) is 6.22. The van der Waals surface area contributed by atoms with Crippen LogP contribution in [0.1, 0.15) is 21.7 Å². The summed E-state index contributed by atoms with van der Waals surface area (Å²) >= 11 is 1.50. The van der Waals surface area contributed by atoms with Crippen molar-refractivity contribution in [2.24, 2.45) is 0 Å². The lowest BCUT2D eigenvalue weighted by atomic mass is 10.1. The topological polar surface area (TPSA) is 48.6 Å². The molecule has 1 aromatic carbocycles. The summed E-state index contributed by atoms with van der Waals surface area (Å²) in [5, 5.41) is 1.000. The molecule has 0 aliphatic heterocycles. The average molecular weight is 386 g/mol. The summed E-state index contributed by atoms with van der Waals surface area (Å²) in [6, 6.07) is 9.89. The molecule has 0 saturated heterocycles. The Bertz CT molecular complexity index is 877. The Balaban J connectivity index is 1.67. The number of aromatic nitrogens is 1. The van der Waals surface area contributed by atoms with Crippen LogP contribution in [-0.4, -0.2) is 33.7 Å². The fraction of sp³-hybridized carbons (Fsp3) is 0.333. The van der Waals surface area contributed by atoms with Gasteiger partial charge in [0.05, 0.1) is 19.1 Å². The van der Waals surface area contributed by atoms with Crippen molar-refractivity contribution >= 4 is 27.2 Å². The minimum Gasteiger partial charge on any atom is -0.493 e. The van der Waals surface area contributed by atoms with Gasteiger partial charge in [-0.3, -0.25) is 4.79 Å². The van der Waals surface area contributed by atoms with Crippen LogP contribution in [0.25, 0.3) is 10.1 Å². The number of hydrogen-bond acceptors (Lipinski definition) is 5. The van der Waals surface area contributed by atoms with E-state index in [1.54, 1.807) is 21.3 Å². The number of aryl methyl sites for hydroxylation is 1. The molecular formula is C21H24NO4S+. The van der Waals surface area contributed by atoms with Gasteiger partial charge in [0.2, 0.25) is 0 Å². The number of pyridine rings is 1. The Morgan fingerprint density at radius 3 is 2.41 bits per heavy atom. The van der Waals surface area contributed by atoms with Gasteiger partial charge in [-0.05, 0) is 29.5 Å². The van der Waals surface area contributed by atoms with Crippen LogP contribution in [0.4, 0.5) is 0 Å². The minimum atomic E-state index is 0.158. The average Bonchev–Trinajstić information content (AvgIpc) is 3.13. The lowest BCUT2D eigenvalue weighted by Crippen LogP contribution is -2.34. The van der Waals surface area contributed by atoms with Gasteiger partial charge in [-0.15, -0.1) is 11.3 Å². The second-order valence-corrected chi connectivity index (χ2v) is 7.30. The number of rotatable bonds is 9. The molecule has 0 amide bonds. The lowest BCUT2D eigenvalue weighted by molar-refractivity contribution is -0.698. The van der Waals surface area contributed by atoms with Gasteiger partial charge in [0, 0.05) is 36.4 Å². The molecule has 0 spiro atoms. The Kier molecular flexibility index (Phi) is 6.42. The van der Waals surface area contributed by atoms with Gasteiger partial charge in [-0.25, -0.2) is 4.57 Å². The number of thiophene rings is 1. The predicted octanol–water partition coefficient (Wildman–Crippen LogP) is 3.67. The molecule has 2 heterocycles. The molecule has 0 unspecified atom stereocenters. The van der Waals surface area contributed by atoms with Gasteiger partial charge in [0.25, 0.3) is 0 Å². The number of hydrogen-bond donors (Lipinski definition) is 0. The van der Waals surface area contributed by atoms with Crippen molar-refractivity contribution in [3.05, 3.63) is 53.2 Å². The summed E-state index contributed by atoms with van der Waals surface area (Å²) in [5.41, 5.74) is 1.15. The van der Waals surface area contributed by atoms with Crippen molar-refractivity contribution in [3.8, 4) is 11.5 Å². The molecule has 0 aliphatic rings. The number of carbonyl (C=O) groups is 1. The fourth-order valence-corrected chi connectivity index (χ4v) is 3.93. The van der Waals surface area contributed by atoms with Gasteiger partial charge in [-0.2, -0.15) is 0 Å². The molecule has 142 valence electrons. The van der Waals surface area contributed by atoms with Crippen LogP contribution in [-0.2, 0) is 17.7 Å². The third-order valence-electron chi connectivity index (χ3n) is 4.45. The van der Waals surface area contributed by atoms with Gasteiger partial charge in [-0.1, -0.05) is 0 Å². The van der Waals surface area contributed by atoms with Crippen LogP contribution in [0.3, 0.4) is 0 Å². The van der Waals surface area contributed by atoms with E-state index in [4.69, 9.17) is 14.2 Å². The molecule has 0 saturated carbocycles. The van der Waals surface area contributed by atoms with Crippen LogP contribution in [0.15, 0.2) is 42.7 Å². The molecule has 0 atom stereocenters. The van der Waals surface area contributed by atoms with Crippen molar-refractivity contribution in [1.29, 1.82) is 0 Å². The smallest absolute Gasteiger partial charge is 0.173 e. The molecule has 3 aromatic rings. The third kappa shape index (κ3) is 4.64. The Morgan fingerprint density at radius 2 is 1.74 bits per heavy atom. The number of methoxy groups -OCH3 is 3. The highest BCUT2D eigenvalue weighted by molar-refractivity contribution is 7.20. The maximum Gasteiger partial charge on any atom is 0.173 e. The Labute approximate surface area is 163 Å². The van der Waals surface area contributed by atoms with Crippen LogP contribution in [0.5, 0.6) is 11.5 Å². The zero-order valence-electron chi connectivity index (χ0n) is 15.9. The van der Waals surface area contributed by atoms with Gasteiger partial charge < -0.3 is 14.2 Å². The first kappa shape index (κ1) is 19.3. The van der Waals surface area contributed by atoms with Crippen molar-refractivity contribution in [3.63, 3.8) is 0 Å². The van der Waals surface area contributed by atoms with E-state index in [-0.39, 0.29) is 5.78 Å². The Hall–Kier alpha value is -2.44. The van der Waals surface area contributed by atoms with E-state index in [0.29, 0.717) is 24.5 Å². The first-order valence-corrected chi connectivity index (χ1v) is 9.62. The summed E-state index contributed by atoms with van der Waals surface area (Å²) in [6.45, 7) is 1.51. The van der Waals surface area contributed by atoms with E-state index in [9.17, 15) is 4.79 Å².